The maximum atomic E-state index is 13.2. The molecule has 0 bridgehead atoms. The van der Waals surface area contributed by atoms with Gasteiger partial charge < -0.3 is 14.6 Å². The van der Waals surface area contributed by atoms with Gasteiger partial charge in [0, 0.05) is 19.1 Å². The average molecular weight is 496 g/mol. The topological polar surface area (TPSA) is 93.3 Å². The fourth-order valence-electron chi connectivity index (χ4n) is 4.30. The van der Waals surface area contributed by atoms with Crippen molar-refractivity contribution in [3.63, 3.8) is 0 Å². The van der Waals surface area contributed by atoms with Crippen molar-refractivity contribution in [3.05, 3.63) is 54.3 Å². The number of furan rings is 1. The van der Waals surface area contributed by atoms with Gasteiger partial charge in [-0.15, -0.1) is 10.2 Å². The molecule has 1 aromatic carbocycles. The Morgan fingerprint density at radius 2 is 1.97 bits per heavy atom. The van der Waals surface area contributed by atoms with Crippen LogP contribution in [0.1, 0.15) is 45.1 Å². The van der Waals surface area contributed by atoms with Crippen LogP contribution in [-0.2, 0) is 16.1 Å². The van der Waals surface area contributed by atoms with Gasteiger partial charge in [-0.05, 0) is 43.9 Å². The summed E-state index contributed by atoms with van der Waals surface area (Å²) >= 11 is 1.37. The van der Waals surface area contributed by atoms with Crippen molar-refractivity contribution in [2.75, 3.05) is 18.8 Å². The second-order valence-corrected chi connectivity index (χ2v) is 9.90. The second-order valence-electron chi connectivity index (χ2n) is 8.96. The number of thioether (sulfide) groups is 1. The highest BCUT2D eigenvalue weighted by molar-refractivity contribution is 7.99. The molecule has 2 unspecified atom stereocenters. The predicted octanol–water partition coefficient (Wildman–Crippen LogP) is 4.22. The molecule has 1 aliphatic rings. The zero-order valence-corrected chi connectivity index (χ0v) is 21.2. The molecule has 1 saturated heterocycles. The van der Waals surface area contributed by atoms with Gasteiger partial charge in [-0.3, -0.25) is 14.2 Å². The third-order valence-corrected chi connectivity index (χ3v) is 7.32. The quantitative estimate of drug-likeness (QED) is 0.334. The van der Waals surface area contributed by atoms with Crippen LogP contribution in [0, 0.1) is 5.92 Å². The zero-order valence-electron chi connectivity index (χ0n) is 20.4. The minimum atomic E-state index is -0.149. The lowest BCUT2D eigenvalue weighted by atomic mass is 9.92. The third-order valence-electron chi connectivity index (χ3n) is 6.37. The van der Waals surface area contributed by atoms with Gasteiger partial charge in [-0.1, -0.05) is 55.4 Å². The van der Waals surface area contributed by atoms with E-state index in [1.54, 1.807) is 6.26 Å². The molecule has 1 fully saturated rings. The number of nitrogens with zero attached hydrogens (tertiary/aromatic N) is 4. The first-order chi connectivity index (χ1) is 17.1. The van der Waals surface area contributed by atoms with Gasteiger partial charge in [-0.2, -0.15) is 0 Å². The predicted molar refractivity (Wildman–Crippen MR) is 136 cm³/mol. The summed E-state index contributed by atoms with van der Waals surface area (Å²) in [6, 6.07) is 13.9. The number of hydrogen-bond donors (Lipinski definition) is 1. The van der Waals surface area contributed by atoms with Crippen LogP contribution in [0.25, 0.3) is 11.6 Å². The van der Waals surface area contributed by atoms with Gasteiger partial charge in [0.05, 0.1) is 24.5 Å². The molecule has 0 spiro atoms. The Morgan fingerprint density at radius 1 is 1.14 bits per heavy atom. The summed E-state index contributed by atoms with van der Waals surface area (Å²) in [6.45, 7) is 5.89. The number of hydrogen-bond acceptors (Lipinski definition) is 6. The first-order valence-electron chi connectivity index (χ1n) is 12.3. The van der Waals surface area contributed by atoms with Gasteiger partial charge in [0.25, 0.3) is 0 Å². The van der Waals surface area contributed by atoms with E-state index < -0.39 is 0 Å². The maximum absolute atomic E-state index is 13.2. The van der Waals surface area contributed by atoms with Gasteiger partial charge in [0.1, 0.15) is 0 Å². The number of carbonyl (C=O) groups excluding carboxylic acids is 2. The van der Waals surface area contributed by atoms with Crippen molar-refractivity contribution < 1.29 is 14.0 Å². The van der Waals surface area contributed by atoms with Crippen LogP contribution in [0.3, 0.4) is 0 Å². The molecule has 2 amide bonds. The molecule has 1 N–H and O–H groups in total. The Labute approximate surface area is 210 Å². The number of unbranched alkanes of at least 4 members (excludes halogenated alkanes) is 1. The van der Waals surface area contributed by atoms with Crippen LogP contribution in [-0.4, -0.2) is 56.4 Å². The van der Waals surface area contributed by atoms with E-state index in [1.807, 2.05) is 51.9 Å². The molecule has 9 heteroatoms. The van der Waals surface area contributed by atoms with E-state index >= 15 is 0 Å². The van der Waals surface area contributed by atoms with E-state index in [9.17, 15) is 9.59 Å². The van der Waals surface area contributed by atoms with Crippen LogP contribution < -0.4 is 5.32 Å². The SMILES string of the molecule is CCCCNC(=O)C1CCC(C)N(C(=O)CSc2nnc(-c3ccco3)n2Cc2ccccc2)C1. The van der Waals surface area contributed by atoms with E-state index in [0.29, 0.717) is 36.4 Å². The van der Waals surface area contributed by atoms with Crippen LogP contribution >= 0.6 is 11.8 Å². The van der Waals surface area contributed by atoms with Crippen LogP contribution in [0.5, 0.6) is 0 Å². The Kier molecular flexibility index (Phi) is 8.63. The lowest BCUT2D eigenvalue weighted by molar-refractivity contribution is -0.136. The molecule has 3 heterocycles. The number of aromatic nitrogens is 3. The molecule has 8 nitrogen and oxygen atoms in total. The lowest BCUT2D eigenvalue weighted by Crippen LogP contribution is -2.50. The van der Waals surface area contributed by atoms with Gasteiger partial charge in [0.15, 0.2) is 10.9 Å². The fourth-order valence-corrected chi connectivity index (χ4v) is 5.13. The van der Waals surface area contributed by atoms with Crippen LogP contribution in [0.4, 0.5) is 0 Å². The Balaban J connectivity index is 1.43. The van der Waals surface area contributed by atoms with E-state index in [-0.39, 0.29) is 29.5 Å². The fraction of sp³-hybridized carbons (Fsp3) is 0.462. The zero-order chi connectivity index (χ0) is 24.6. The standard InChI is InChI=1S/C26H33N5O3S/c1-3-4-14-27-25(33)21-13-12-19(2)30(17-21)23(32)18-35-26-29-28-24(22-11-8-15-34-22)31(26)16-20-9-6-5-7-10-20/h5-11,15,19,21H,3-4,12-14,16-18H2,1-2H3,(H,27,33). The molecule has 0 aliphatic carbocycles. The number of carbonyl (C=O) groups is 2. The van der Waals surface area contributed by atoms with Crippen molar-refractivity contribution in [1.82, 2.24) is 25.0 Å². The van der Waals surface area contributed by atoms with Crippen LogP contribution in [0.15, 0.2) is 58.3 Å². The summed E-state index contributed by atoms with van der Waals surface area (Å²) in [5, 5.41) is 12.4. The van der Waals surface area contributed by atoms with Crippen molar-refractivity contribution in [2.24, 2.45) is 5.92 Å². The minimum Gasteiger partial charge on any atom is -0.461 e. The van der Waals surface area contributed by atoms with Gasteiger partial charge in [0.2, 0.25) is 17.6 Å². The first kappa shape index (κ1) is 25.0. The summed E-state index contributed by atoms with van der Waals surface area (Å²) in [7, 11) is 0. The van der Waals surface area contributed by atoms with Crippen molar-refractivity contribution >= 4 is 23.6 Å². The Bertz CT molecular complexity index is 1100. The largest absolute Gasteiger partial charge is 0.461 e. The van der Waals surface area contributed by atoms with Crippen molar-refractivity contribution in [2.45, 2.75) is 57.3 Å². The number of benzene rings is 1. The lowest BCUT2D eigenvalue weighted by Gasteiger charge is -2.37. The van der Waals surface area contributed by atoms with Gasteiger partial charge >= 0.3 is 0 Å². The molecule has 186 valence electrons. The number of rotatable bonds is 10. The number of nitrogens with one attached hydrogen (secondary N) is 1. The molecule has 3 aromatic rings. The number of piperidine rings is 1. The summed E-state index contributed by atoms with van der Waals surface area (Å²) < 4.78 is 7.55. The third kappa shape index (κ3) is 6.33. The Hall–Kier alpha value is -3.07. The highest BCUT2D eigenvalue weighted by Crippen LogP contribution is 2.27. The molecule has 35 heavy (non-hydrogen) atoms. The summed E-state index contributed by atoms with van der Waals surface area (Å²) in [5.41, 5.74) is 1.11. The van der Waals surface area contributed by atoms with E-state index in [1.165, 1.54) is 11.8 Å². The highest BCUT2D eigenvalue weighted by atomic mass is 32.2. The van der Waals surface area contributed by atoms with E-state index in [2.05, 4.69) is 29.4 Å². The normalized spacial score (nSPS) is 17.9. The molecule has 4 rings (SSSR count). The number of likely N-dealkylation sites (tertiary alicyclic amines) is 1. The molecule has 2 atom stereocenters. The second kappa shape index (κ2) is 12.1. The van der Waals surface area contributed by atoms with E-state index in [4.69, 9.17) is 4.42 Å². The minimum absolute atomic E-state index is 0.0161. The molecular formula is C26H33N5O3S. The molecule has 0 radical (unpaired) electrons. The monoisotopic (exact) mass is 495 g/mol. The van der Waals surface area contributed by atoms with E-state index in [0.717, 1.165) is 31.2 Å². The smallest absolute Gasteiger partial charge is 0.233 e. The summed E-state index contributed by atoms with van der Waals surface area (Å²) in [4.78, 5) is 27.6. The van der Waals surface area contributed by atoms with Gasteiger partial charge in [-0.25, -0.2) is 0 Å². The van der Waals surface area contributed by atoms with Crippen molar-refractivity contribution in [1.29, 1.82) is 0 Å². The molecular weight excluding hydrogens is 462 g/mol. The maximum Gasteiger partial charge on any atom is 0.233 e. The average Bonchev–Trinajstić information content (AvgIpc) is 3.54. The number of amides is 2. The molecule has 0 saturated carbocycles. The highest BCUT2D eigenvalue weighted by Gasteiger charge is 2.32. The molecule has 2 aromatic heterocycles. The summed E-state index contributed by atoms with van der Waals surface area (Å²) in [5.74, 6) is 1.42. The molecule has 1 aliphatic heterocycles. The van der Waals surface area contributed by atoms with Crippen LogP contribution in [0.2, 0.25) is 0 Å². The first-order valence-corrected chi connectivity index (χ1v) is 13.3. The van der Waals surface area contributed by atoms with Crippen molar-refractivity contribution in [3.8, 4) is 11.6 Å². The summed E-state index contributed by atoms with van der Waals surface area (Å²) in [6.07, 6.45) is 5.26. The Morgan fingerprint density at radius 3 is 2.71 bits per heavy atom.